The highest BCUT2D eigenvalue weighted by Gasteiger charge is 2.35. The normalized spacial score (nSPS) is 27.5. The first-order chi connectivity index (χ1) is 13.6. The molecule has 0 N–H and O–H groups in total. The number of halogens is 2. The van der Waals surface area contributed by atoms with Gasteiger partial charge in [-0.3, -0.25) is 0 Å². The quantitative estimate of drug-likeness (QED) is 0.460. The molecule has 4 rings (SSSR count). The zero-order chi connectivity index (χ0) is 19.7. The Balaban J connectivity index is 1.56. The molecule has 4 atom stereocenters. The Kier molecular flexibility index (Phi) is 5.85. The third-order valence-corrected chi connectivity index (χ3v) is 7.52. The summed E-state index contributed by atoms with van der Waals surface area (Å²) in [5, 5.41) is 1.24. The van der Waals surface area contributed by atoms with E-state index in [1.54, 1.807) is 6.08 Å². The highest BCUT2D eigenvalue weighted by molar-refractivity contribution is 5.85. The van der Waals surface area contributed by atoms with Crippen LogP contribution in [-0.4, -0.2) is 0 Å². The Morgan fingerprint density at radius 1 is 1.04 bits per heavy atom. The predicted octanol–water partition coefficient (Wildman–Crippen LogP) is 7.95. The molecule has 0 aromatic heterocycles. The summed E-state index contributed by atoms with van der Waals surface area (Å²) in [6, 6.07) is 7.53. The lowest BCUT2D eigenvalue weighted by atomic mass is 9.63. The first-order valence-electron chi connectivity index (χ1n) is 11.1. The van der Waals surface area contributed by atoms with Gasteiger partial charge in [0.15, 0.2) is 0 Å². The van der Waals surface area contributed by atoms with E-state index in [2.05, 4.69) is 19.6 Å². The van der Waals surface area contributed by atoms with Crippen molar-refractivity contribution in [2.75, 3.05) is 0 Å². The van der Waals surface area contributed by atoms with Gasteiger partial charge in [-0.2, -0.15) is 0 Å². The minimum Gasteiger partial charge on any atom is -0.207 e. The molecule has 150 valence electrons. The van der Waals surface area contributed by atoms with Gasteiger partial charge < -0.3 is 0 Å². The standard InChI is InChI=1S/C26H32F2/c1-3-5-6-24-25(27)16-22-15-21(11-12-23(22)26(24)28)20-10-9-18-13-17(4-2)7-8-19(18)14-20/h3,11-12,15-20H,1,4-10,13-14H2,2H3. The van der Waals surface area contributed by atoms with Gasteiger partial charge in [-0.15, -0.1) is 6.58 Å². The van der Waals surface area contributed by atoms with Crippen LogP contribution in [0.3, 0.4) is 0 Å². The van der Waals surface area contributed by atoms with Gasteiger partial charge in [0.1, 0.15) is 11.6 Å². The molecular formula is C26H32F2. The fraction of sp³-hybridized carbons (Fsp3) is 0.538. The fourth-order valence-corrected chi connectivity index (χ4v) is 5.78. The average Bonchev–Trinajstić information content (AvgIpc) is 2.72. The molecule has 28 heavy (non-hydrogen) atoms. The second kappa shape index (κ2) is 8.35. The minimum absolute atomic E-state index is 0.188. The molecule has 2 heteroatoms. The van der Waals surface area contributed by atoms with Crippen LogP contribution < -0.4 is 0 Å². The third-order valence-electron chi connectivity index (χ3n) is 7.52. The van der Waals surface area contributed by atoms with E-state index < -0.39 is 11.6 Å². The molecule has 2 fully saturated rings. The van der Waals surface area contributed by atoms with Crippen LogP contribution in [0.1, 0.15) is 75.3 Å². The van der Waals surface area contributed by atoms with Crippen LogP contribution in [0.5, 0.6) is 0 Å². The van der Waals surface area contributed by atoms with Crippen molar-refractivity contribution in [1.82, 2.24) is 0 Å². The number of allylic oxidation sites excluding steroid dienone is 1. The van der Waals surface area contributed by atoms with Crippen LogP contribution in [0.2, 0.25) is 0 Å². The Morgan fingerprint density at radius 3 is 2.61 bits per heavy atom. The van der Waals surface area contributed by atoms with E-state index in [9.17, 15) is 8.78 Å². The van der Waals surface area contributed by atoms with E-state index in [1.807, 2.05) is 12.1 Å². The van der Waals surface area contributed by atoms with Gasteiger partial charge in [-0.05, 0) is 85.6 Å². The monoisotopic (exact) mass is 382 g/mol. The summed E-state index contributed by atoms with van der Waals surface area (Å²) >= 11 is 0. The highest BCUT2D eigenvalue weighted by atomic mass is 19.1. The van der Waals surface area contributed by atoms with E-state index >= 15 is 0 Å². The molecule has 2 aliphatic rings. The predicted molar refractivity (Wildman–Crippen MR) is 114 cm³/mol. The van der Waals surface area contributed by atoms with Gasteiger partial charge in [0.05, 0.1) is 0 Å². The Labute approximate surface area is 168 Å². The SMILES string of the molecule is C=CCCc1c(F)cc2cc(C3CCC4CC(CC)CCC4C3)ccc2c1F. The van der Waals surface area contributed by atoms with E-state index in [-0.39, 0.29) is 5.56 Å². The maximum absolute atomic E-state index is 14.8. The lowest BCUT2D eigenvalue weighted by molar-refractivity contribution is 0.116. The van der Waals surface area contributed by atoms with E-state index in [0.29, 0.717) is 29.5 Å². The number of hydrogen-bond acceptors (Lipinski definition) is 0. The molecule has 2 aromatic rings. The maximum Gasteiger partial charge on any atom is 0.137 e. The molecule has 0 aliphatic heterocycles. The summed E-state index contributed by atoms with van der Waals surface area (Å²) in [4.78, 5) is 0. The molecular weight excluding hydrogens is 350 g/mol. The van der Waals surface area contributed by atoms with Crippen molar-refractivity contribution in [3.8, 4) is 0 Å². The summed E-state index contributed by atoms with van der Waals surface area (Å²) in [6.07, 6.45) is 11.9. The lowest BCUT2D eigenvalue weighted by Crippen LogP contribution is -2.30. The van der Waals surface area contributed by atoms with Crippen molar-refractivity contribution in [3.05, 3.63) is 59.7 Å². The van der Waals surface area contributed by atoms with Crippen molar-refractivity contribution in [1.29, 1.82) is 0 Å². The summed E-state index contributed by atoms with van der Waals surface area (Å²) in [7, 11) is 0. The molecule has 0 saturated heterocycles. The zero-order valence-corrected chi connectivity index (χ0v) is 17.0. The number of fused-ring (bicyclic) bond motifs is 2. The minimum atomic E-state index is -0.425. The Morgan fingerprint density at radius 2 is 1.82 bits per heavy atom. The zero-order valence-electron chi connectivity index (χ0n) is 17.0. The molecule has 4 unspecified atom stereocenters. The maximum atomic E-state index is 14.8. The molecule has 2 saturated carbocycles. The molecule has 0 bridgehead atoms. The number of rotatable bonds is 5. The number of benzene rings is 2. The second-order valence-corrected chi connectivity index (χ2v) is 9.08. The van der Waals surface area contributed by atoms with Crippen LogP contribution in [-0.2, 0) is 6.42 Å². The van der Waals surface area contributed by atoms with Crippen molar-refractivity contribution in [3.63, 3.8) is 0 Å². The van der Waals surface area contributed by atoms with Crippen molar-refractivity contribution < 1.29 is 8.78 Å². The first-order valence-corrected chi connectivity index (χ1v) is 11.1. The van der Waals surface area contributed by atoms with Crippen molar-refractivity contribution in [2.45, 2.75) is 70.6 Å². The lowest BCUT2D eigenvalue weighted by Gasteiger charge is -2.42. The van der Waals surface area contributed by atoms with Gasteiger partial charge in [-0.1, -0.05) is 44.0 Å². The van der Waals surface area contributed by atoms with Crippen molar-refractivity contribution in [2.24, 2.45) is 17.8 Å². The van der Waals surface area contributed by atoms with Gasteiger partial charge in [-0.25, -0.2) is 8.78 Å². The summed E-state index contributed by atoms with van der Waals surface area (Å²) in [5.41, 5.74) is 1.45. The number of hydrogen-bond donors (Lipinski definition) is 0. The first kappa shape index (κ1) is 19.6. The van der Waals surface area contributed by atoms with Crippen LogP contribution in [0, 0.1) is 29.4 Å². The summed E-state index contributed by atoms with van der Waals surface area (Å²) in [5.74, 6) is 2.38. The van der Waals surface area contributed by atoms with Gasteiger partial charge in [0, 0.05) is 10.9 Å². The van der Waals surface area contributed by atoms with Crippen LogP contribution >= 0.6 is 0 Å². The summed E-state index contributed by atoms with van der Waals surface area (Å²) in [6.45, 7) is 5.98. The molecule has 2 aliphatic carbocycles. The fourth-order valence-electron chi connectivity index (χ4n) is 5.78. The largest absolute Gasteiger partial charge is 0.207 e. The molecule has 0 radical (unpaired) electrons. The molecule has 0 nitrogen and oxygen atoms in total. The van der Waals surface area contributed by atoms with Gasteiger partial charge in [0.2, 0.25) is 0 Å². The van der Waals surface area contributed by atoms with Gasteiger partial charge >= 0.3 is 0 Å². The molecule has 2 aromatic carbocycles. The van der Waals surface area contributed by atoms with E-state index in [1.165, 1.54) is 56.6 Å². The smallest absolute Gasteiger partial charge is 0.137 e. The average molecular weight is 383 g/mol. The van der Waals surface area contributed by atoms with E-state index in [0.717, 1.165) is 17.8 Å². The Bertz CT molecular complexity index is 853. The van der Waals surface area contributed by atoms with Gasteiger partial charge in [0.25, 0.3) is 0 Å². The second-order valence-electron chi connectivity index (χ2n) is 9.08. The molecule has 0 spiro atoms. The van der Waals surface area contributed by atoms with Crippen LogP contribution in [0.4, 0.5) is 8.78 Å². The third kappa shape index (κ3) is 3.75. The summed E-state index contributed by atoms with van der Waals surface area (Å²) < 4.78 is 29.3. The van der Waals surface area contributed by atoms with Crippen molar-refractivity contribution >= 4 is 10.8 Å². The topological polar surface area (TPSA) is 0 Å². The highest BCUT2D eigenvalue weighted by Crippen LogP contribution is 2.48. The van der Waals surface area contributed by atoms with E-state index in [4.69, 9.17) is 0 Å². The molecule has 0 amide bonds. The van der Waals surface area contributed by atoms with Crippen LogP contribution in [0.25, 0.3) is 10.8 Å². The molecule has 0 heterocycles. The Hall–Kier alpha value is -1.70. The van der Waals surface area contributed by atoms with Crippen LogP contribution in [0.15, 0.2) is 36.9 Å².